The number of nitrogens with zero attached hydrogens (tertiary/aromatic N) is 2. The monoisotopic (exact) mass is 239 g/mol. The highest BCUT2D eigenvalue weighted by atomic mass is 16.3. The number of hydrogen-bond acceptors (Lipinski definition) is 3. The van der Waals surface area contributed by atoms with Crippen LogP contribution in [0.4, 0.5) is 0 Å². The third kappa shape index (κ3) is 5.49. The number of carbonyl (C=O) groups is 1. The molecular weight excluding hydrogens is 218 g/mol. The van der Waals surface area contributed by atoms with Crippen molar-refractivity contribution in [3.8, 4) is 0 Å². The Bertz CT molecular complexity index is 334. The Balaban J connectivity index is 2.21. The Morgan fingerprint density at radius 1 is 1.59 bits per heavy atom. The van der Waals surface area contributed by atoms with E-state index in [0.29, 0.717) is 25.9 Å². The van der Waals surface area contributed by atoms with Crippen LogP contribution in [-0.4, -0.2) is 32.7 Å². The van der Waals surface area contributed by atoms with E-state index in [-0.39, 0.29) is 5.91 Å². The molecule has 2 N–H and O–H groups in total. The van der Waals surface area contributed by atoms with Crippen LogP contribution in [-0.2, 0) is 11.3 Å². The molecule has 0 aromatic carbocycles. The van der Waals surface area contributed by atoms with Crippen LogP contribution in [0.3, 0.4) is 0 Å². The summed E-state index contributed by atoms with van der Waals surface area (Å²) < 4.78 is 1.85. The minimum absolute atomic E-state index is 0.0462. The zero-order valence-electron chi connectivity index (χ0n) is 10.5. The summed E-state index contributed by atoms with van der Waals surface area (Å²) in [6.07, 6.45) is 7.18. The number of aliphatic hydroxyl groups is 1. The summed E-state index contributed by atoms with van der Waals surface area (Å²) >= 11 is 0. The number of rotatable bonds is 7. The number of amides is 1. The lowest BCUT2D eigenvalue weighted by molar-refractivity contribution is -0.122. The molecule has 0 aliphatic heterocycles. The quantitative estimate of drug-likeness (QED) is 0.744. The minimum atomic E-state index is -0.806. The van der Waals surface area contributed by atoms with E-state index in [1.807, 2.05) is 17.7 Å². The van der Waals surface area contributed by atoms with Crippen LogP contribution in [0.1, 0.15) is 33.1 Å². The molecule has 96 valence electrons. The predicted octanol–water partition coefficient (Wildman–Crippen LogP) is 0.940. The number of hydrogen-bond donors (Lipinski definition) is 2. The molecule has 0 saturated carbocycles. The highest BCUT2D eigenvalue weighted by molar-refractivity contribution is 5.75. The zero-order chi connectivity index (χ0) is 12.7. The summed E-state index contributed by atoms with van der Waals surface area (Å²) in [5, 5.41) is 12.6. The molecule has 1 amide bonds. The first-order chi connectivity index (χ1) is 8.03. The molecule has 0 spiro atoms. The molecule has 0 aliphatic rings. The molecule has 1 aromatic heterocycles. The first kappa shape index (κ1) is 13.7. The molecule has 1 aromatic rings. The number of nitrogens with one attached hydrogen (secondary N) is 1. The van der Waals surface area contributed by atoms with E-state index < -0.39 is 5.60 Å². The zero-order valence-corrected chi connectivity index (χ0v) is 10.5. The number of imidazole rings is 1. The summed E-state index contributed by atoms with van der Waals surface area (Å²) in [6, 6.07) is 0. The lowest BCUT2D eigenvalue weighted by Crippen LogP contribution is -2.40. The van der Waals surface area contributed by atoms with Crippen molar-refractivity contribution in [1.29, 1.82) is 0 Å². The minimum Gasteiger partial charge on any atom is -0.388 e. The summed E-state index contributed by atoms with van der Waals surface area (Å²) in [4.78, 5) is 15.4. The van der Waals surface area contributed by atoms with Crippen molar-refractivity contribution >= 4 is 5.91 Å². The van der Waals surface area contributed by atoms with Gasteiger partial charge in [0.05, 0.1) is 11.9 Å². The van der Waals surface area contributed by atoms with E-state index in [9.17, 15) is 9.90 Å². The third-order valence-electron chi connectivity index (χ3n) is 2.61. The molecule has 0 bridgehead atoms. The fourth-order valence-corrected chi connectivity index (χ4v) is 1.65. The highest BCUT2D eigenvalue weighted by Gasteiger charge is 2.19. The fraction of sp³-hybridized carbons (Fsp3) is 0.667. The summed E-state index contributed by atoms with van der Waals surface area (Å²) in [5.74, 6) is -0.0462. The number of carbonyl (C=O) groups excluding carboxylic acids is 1. The van der Waals surface area contributed by atoms with Gasteiger partial charge in [0.2, 0.25) is 5.91 Å². The standard InChI is InChI=1S/C12H21N3O2/c1-3-5-12(2,17)9-14-11(16)4-7-15-8-6-13-10-15/h6,8,10,17H,3-5,7,9H2,1-2H3,(H,14,16). The van der Waals surface area contributed by atoms with Crippen LogP contribution in [0.15, 0.2) is 18.7 Å². The van der Waals surface area contributed by atoms with Gasteiger partial charge in [-0.25, -0.2) is 4.98 Å². The molecule has 0 saturated heterocycles. The average molecular weight is 239 g/mol. The molecule has 1 rings (SSSR count). The second-order valence-corrected chi connectivity index (χ2v) is 4.57. The molecular formula is C12H21N3O2. The smallest absolute Gasteiger partial charge is 0.221 e. The van der Waals surface area contributed by atoms with Crippen molar-refractivity contribution < 1.29 is 9.90 Å². The highest BCUT2D eigenvalue weighted by Crippen LogP contribution is 2.09. The van der Waals surface area contributed by atoms with Gasteiger partial charge in [0, 0.05) is 31.9 Å². The second-order valence-electron chi connectivity index (χ2n) is 4.57. The van der Waals surface area contributed by atoms with Crippen LogP contribution < -0.4 is 5.32 Å². The maximum Gasteiger partial charge on any atom is 0.221 e. The van der Waals surface area contributed by atoms with Gasteiger partial charge >= 0.3 is 0 Å². The van der Waals surface area contributed by atoms with Gasteiger partial charge in [-0.05, 0) is 13.3 Å². The van der Waals surface area contributed by atoms with E-state index >= 15 is 0 Å². The molecule has 5 heteroatoms. The van der Waals surface area contributed by atoms with E-state index in [0.717, 1.165) is 6.42 Å². The first-order valence-corrected chi connectivity index (χ1v) is 5.98. The Kier molecular flexibility index (Phi) is 5.15. The van der Waals surface area contributed by atoms with Crippen LogP contribution in [0.2, 0.25) is 0 Å². The van der Waals surface area contributed by atoms with E-state index in [2.05, 4.69) is 10.3 Å². The summed E-state index contributed by atoms with van der Waals surface area (Å²) in [7, 11) is 0. The summed E-state index contributed by atoms with van der Waals surface area (Å²) in [5.41, 5.74) is -0.806. The molecule has 1 unspecified atom stereocenters. The first-order valence-electron chi connectivity index (χ1n) is 5.98. The van der Waals surface area contributed by atoms with Gasteiger partial charge in [0.25, 0.3) is 0 Å². The van der Waals surface area contributed by atoms with Gasteiger partial charge in [0.15, 0.2) is 0 Å². The Hall–Kier alpha value is -1.36. The third-order valence-corrected chi connectivity index (χ3v) is 2.61. The maximum absolute atomic E-state index is 11.5. The average Bonchev–Trinajstić information content (AvgIpc) is 2.76. The molecule has 5 nitrogen and oxygen atoms in total. The maximum atomic E-state index is 11.5. The van der Waals surface area contributed by atoms with Crippen molar-refractivity contribution in [2.24, 2.45) is 0 Å². The van der Waals surface area contributed by atoms with Gasteiger partial charge in [-0.3, -0.25) is 4.79 Å². The Labute approximate surface area is 102 Å². The van der Waals surface area contributed by atoms with E-state index in [4.69, 9.17) is 0 Å². The topological polar surface area (TPSA) is 67.2 Å². The lowest BCUT2D eigenvalue weighted by Gasteiger charge is -2.22. The van der Waals surface area contributed by atoms with Crippen molar-refractivity contribution in [2.75, 3.05) is 6.54 Å². The molecule has 1 atom stereocenters. The fourth-order valence-electron chi connectivity index (χ4n) is 1.65. The van der Waals surface area contributed by atoms with Crippen molar-refractivity contribution in [1.82, 2.24) is 14.9 Å². The Morgan fingerprint density at radius 2 is 2.35 bits per heavy atom. The molecule has 0 fully saturated rings. The molecule has 1 heterocycles. The number of aryl methyl sites for hydroxylation is 1. The molecule has 0 radical (unpaired) electrons. The SMILES string of the molecule is CCCC(C)(O)CNC(=O)CCn1ccnc1. The molecule has 17 heavy (non-hydrogen) atoms. The van der Waals surface area contributed by atoms with Crippen LogP contribution in [0.5, 0.6) is 0 Å². The van der Waals surface area contributed by atoms with E-state index in [1.54, 1.807) is 19.4 Å². The second kappa shape index (κ2) is 6.39. The van der Waals surface area contributed by atoms with Crippen molar-refractivity contribution in [2.45, 2.75) is 45.3 Å². The van der Waals surface area contributed by atoms with E-state index in [1.165, 1.54) is 0 Å². The van der Waals surface area contributed by atoms with Crippen LogP contribution in [0.25, 0.3) is 0 Å². The van der Waals surface area contributed by atoms with Gasteiger partial charge in [-0.2, -0.15) is 0 Å². The van der Waals surface area contributed by atoms with Crippen LogP contribution in [0, 0.1) is 0 Å². The van der Waals surface area contributed by atoms with Gasteiger partial charge < -0.3 is 15.0 Å². The van der Waals surface area contributed by atoms with Gasteiger partial charge in [-0.1, -0.05) is 13.3 Å². The number of aromatic nitrogens is 2. The normalized spacial score (nSPS) is 14.3. The van der Waals surface area contributed by atoms with Gasteiger partial charge in [-0.15, -0.1) is 0 Å². The largest absolute Gasteiger partial charge is 0.388 e. The van der Waals surface area contributed by atoms with Gasteiger partial charge in [0.1, 0.15) is 0 Å². The lowest BCUT2D eigenvalue weighted by atomic mass is 10.0. The summed E-state index contributed by atoms with van der Waals surface area (Å²) in [6.45, 7) is 4.67. The predicted molar refractivity (Wildman–Crippen MR) is 65.4 cm³/mol. The van der Waals surface area contributed by atoms with Crippen molar-refractivity contribution in [3.63, 3.8) is 0 Å². The van der Waals surface area contributed by atoms with Crippen molar-refractivity contribution in [3.05, 3.63) is 18.7 Å². The Morgan fingerprint density at radius 3 is 2.94 bits per heavy atom. The van der Waals surface area contributed by atoms with Crippen LogP contribution >= 0.6 is 0 Å². The molecule has 0 aliphatic carbocycles.